The predicted octanol–water partition coefficient (Wildman–Crippen LogP) is 3.91. The molecule has 0 bridgehead atoms. The Kier molecular flexibility index (Phi) is 30.9. The topological polar surface area (TPSA) is 286 Å². The number of benzene rings is 1. The maximum absolute atomic E-state index is 14.8. The van der Waals surface area contributed by atoms with Crippen molar-refractivity contribution < 1.29 is 67.2 Å². The number of nitrogens with two attached hydrogens (primary N) is 1. The number of hydrogen-bond donors (Lipinski definition) is 6. The van der Waals surface area contributed by atoms with Crippen molar-refractivity contribution >= 4 is 52.3 Å². The number of rotatable bonds is 39. The van der Waals surface area contributed by atoms with Gasteiger partial charge in [0.05, 0.1) is 88.9 Å². The van der Waals surface area contributed by atoms with Gasteiger partial charge in [-0.2, -0.15) is 0 Å². The molecular weight excluding hydrogens is 1070 g/mol. The van der Waals surface area contributed by atoms with E-state index in [1.807, 2.05) is 84.0 Å². The molecule has 10 atom stereocenters. The van der Waals surface area contributed by atoms with Gasteiger partial charge in [-0.1, -0.05) is 73.1 Å². The number of aromatic nitrogens is 1. The van der Waals surface area contributed by atoms with Gasteiger partial charge in [0.15, 0.2) is 0 Å². The molecule has 0 radical (unpaired) electrons. The summed E-state index contributed by atoms with van der Waals surface area (Å²) in [5.74, 6) is -3.92. The average molecular weight is 1170 g/mol. The smallest absolute Gasteiger partial charge is 0.320 e. The Morgan fingerprint density at radius 3 is 2.16 bits per heavy atom. The zero-order valence-corrected chi connectivity index (χ0v) is 51.5. The second kappa shape index (κ2) is 36.5. The number of para-hydroxylation sites is 1. The summed E-state index contributed by atoms with van der Waals surface area (Å²) in [5.41, 5.74) is 7.30. The van der Waals surface area contributed by atoms with Crippen LogP contribution < -0.4 is 21.7 Å². The van der Waals surface area contributed by atoms with Crippen LogP contribution in [-0.4, -0.2) is 220 Å². The van der Waals surface area contributed by atoms with Crippen molar-refractivity contribution in [1.29, 1.82) is 0 Å². The Morgan fingerprint density at radius 2 is 1.53 bits per heavy atom. The minimum atomic E-state index is -1.03. The van der Waals surface area contributed by atoms with Crippen LogP contribution in [0.25, 0.3) is 10.9 Å². The van der Waals surface area contributed by atoms with E-state index in [9.17, 15) is 33.6 Å². The second-order valence-corrected chi connectivity index (χ2v) is 23.0. The Labute approximate surface area is 492 Å². The van der Waals surface area contributed by atoms with E-state index in [1.165, 1.54) is 12.2 Å². The number of unbranched alkanes of at least 4 members (excludes halogenated alkanes) is 1. The maximum atomic E-state index is 14.8. The Morgan fingerprint density at radius 1 is 0.843 bits per heavy atom. The number of carboxylic acid groups (broad SMARTS) is 1. The lowest BCUT2D eigenvalue weighted by molar-refractivity contribution is -0.199. The van der Waals surface area contributed by atoms with Crippen LogP contribution in [0.15, 0.2) is 30.5 Å². The van der Waals surface area contributed by atoms with Crippen molar-refractivity contribution in [2.24, 2.45) is 29.4 Å². The molecule has 2 aromatic rings. The van der Waals surface area contributed by atoms with E-state index in [-0.39, 0.29) is 79.1 Å². The molecule has 2 unspecified atom stereocenters. The van der Waals surface area contributed by atoms with Crippen LogP contribution in [0, 0.1) is 23.7 Å². The molecule has 3 heterocycles. The number of aromatic amines is 1. The number of hydrogen-bond acceptors (Lipinski definition) is 15. The SMILES string of the molecule is CC[C@H](C)C([C@@H](CC(=O)N1CCC[C@H]1[C@H](OC)[C@@H](C)C(=O)N[C@@H](Cc1c[nH]c2ccccc12)C(=O)N1CCCCO1)OC)N(C)C(=O)C(NC(=O)[C@H](C(C)C)N(C)CCOCCOCCOCCC(=O)NCCCC[C@H](N)C(=O)O)C(C)C. The highest BCUT2D eigenvalue weighted by Gasteiger charge is 2.44. The molecule has 2 fully saturated rings. The Balaban J connectivity index is 1.30. The zero-order valence-electron chi connectivity index (χ0n) is 51.5. The molecule has 0 aliphatic carbocycles. The Hall–Kier alpha value is -5.27. The number of nitrogens with one attached hydrogen (secondary N) is 4. The highest BCUT2D eigenvalue weighted by molar-refractivity contribution is 5.91. The first-order valence-corrected chi connectivity index (χ1v) is 30.1. The summed E-state index contributed by atoms with van der Waals surface area (Å²) in [6.45, 7) is 17.6. The summed E-state index contributed by atoms with van der Waals surface area (Å²) in [7, 11) is 6.65. The predicted molar refractivity (Wildman–Crippen MR) is 315 cm³/mol. The van der Waals surface area contributed by atoms with E-state index >= 15 is 0 Å². The number of H-pyrrole nitrogens is 1. The molecule has 2 aliphatic rings. The van der Waals surface area contributed by atoms with Crippen molar-refractivity contribution in [2.75, 3.05) is 101 Å². The first-order chi connectivity index (χ1) is 39.7. The summed E-state index contributed by atoms with van der Waals surface area (Å²) < 4.78 is 29.2. The lowest BCUT2D eigenvalue weighted by atomic mass is 9.89. The van der Waals surface area contributed by atoms with Gasteiger partial charge in [-0.15, -0.1) is 0 Å². The van der Waals surface area contributed by atoms with E-state index in [0.717, 1.165) is 29.3 Å². The maximum Gasteiger partial charge on any atom is 0.320 e. The lowest BCUT2D eigenvalue weighted by Gasteiger charge is -2.41. The van der Waals surface area contributed by atoms with Gasteiger partial charge < -0.3 is 65.3 Å². The monoisotopic (exact) mass is 1170 g/mol. The van der Waals surface area contributed by atoms with Crippen LogP contribution >= 0.6 is 0 Å². The van der Waals surface area contributed by atoms with Gasteiger partial charge in [0.1, 0.15) is 18.1 Å². The van der Waals surface area contributed by atoms with E-state index in [2.05, 4.69) is 20.9 Å². The highest BCUT2D eigenvalue weighted by atomic mass is 16.7. The third-order valence-electron chi connectivity index (χ3n) is 16.2. The molecular formula is C60H101N9O14. The molecule has 83 heavy (non-hydrogen) atoms. The second-order valence-electron chi connectivity index (χ2n) is 23.0. The normalized spacial score (nSPS) is 18.1. The molecule has 4 rings (SSSR count). The van der Waals surface area contributed by atoms with Crippen molar-refractivity contribution in [1.82, 2.24) is 40.7 Å². The van der Waals surface area contributed by atoms with Gasteiger partial charge in [-0.25, -0.2) is 5.06 Å². The Bertz CT molecular complexity index is 2310. The van der Waals surface area contributed by atoms with Crippen LogP contribution in [0.2, 0.25) is 0 Å². The minimum absolute atomic E-state index is 0.0453. The number of carboxylic acids is 1. The third kappa shape index (κ3) is 21.6. The molecule has 2 aliphatic heterocycles. The fraction of sp³-hybridized carbons (Fsp3) is 0.750. The summed E-state index contributed by atoms with van der Waals surface area (Å²) in [5, 5.41) is 20.1. The fourth-order valence-electron chi connectivity index (χ4n) is 11.2. The van der Waals surface area contributed by atoms with E-state index in [4.69, 9.17) is 39.4 Å². The molecule has 7 N–H and O–H groups in total. The number of carbonyl (C=O) groups excluding carboxylic acids is 6. The molecule has 23 nitrogen and oxygen atoms in total. The standard InChI is InChI=1S/C60H101N9O14/c1-12-41(6)54(67(9)59(75)52(39(2)3)65-57(73)53(40(4)5)66(8)28-31-81-33-35-82-34-32-80-30-24-50(70)62-25-16-15-21-45(61)60(76)77)49(78-10)37-51(71)68-26-19-23-48(68)55(79-11)42(7)56(72)64-47(58(74)69-27-17-18-29-83-69)36-43-38-63-46-22-14-13-20-44(43)46/h13-14,20,22,38-42,45,47-49,52-55,63H,12,15-19,21,23-37,61H2,1-11H3,(H,62,70)(H,64,72)(H,65,73)(H,76,77)/t41-,42+,45-,47-,48-,49+,52?,53-,54?,55+/m0/s1. The van der Waals surface area contributed by atoms with Gasteiger partial charge in [0.25, 0.3) is 5.91 Å². The van der Waals surface area contributed by atoms with E-state index < -0.39 is 60.3 Å². The van der Waals surface area contributed by atoms with Crippen molar-refractivity contribution in [3.8, 4) is 0 Å². The zero-order chi connectivity index (χ0) is 61.2. The minimum Gasteiger partial charge on any atom is -0.480 e. The number of fused-ring (bicyclic) bond motifs is 1. The molecule has 470 valence electrons. The van der Waals surface area contributed by atoms with Crippen LogP contribution in [0.5, 0.6) is 0 Å². The summed E-state index contributed by atoms with van der Waals surface area (Å²) in [6.07, 6.45) is 6.05. The largest absolute Gasteiger partial charge is 0.480 e. The molecule has 1 aromatic carbocycles. The van der Waals surface area contributed by atoms with Crippen LogP contribution in [0.4, 0.5) is 0 Å². The highest BCUT2D eigenvalue weighted by Crippen LogP contribution is 2.30. The molecule has 1 aromatic heterocycles. The summed E-state index contributed by atoms with van der Waals surface area (Å²) in [6, 6.07) is 3.55. The number of amides is 6. The van der Waals surface area contributed by atoms with Gasteiger partial charge in [-0.05, 0) is 81.4 Å². The average Bonchev–Trinajstić information content (AvgIpc) is 4.12. The van der Waals surface area contributed by atoms with E-state index in [1.54, 1.807) is 30.9 Å². The van der Waals surface area contributed by atoms with E-state index in [0.29, 0.717) is 104 Å². The van der Waals surface area contributed by atoms with Crippen molar-refractivity contribution in [2.45, 2.75) is 168 Å². The van der Waals surface area contributed by atoms with Gasteiger partial charge in [0, 0.05) is 77.4 Å². The molecule has 23 heteroatoms. The summed E-state index contributed by atoms with van der Waals surface area (Å²) in [4.78, 5) is 109. The quantitative estimate of drug-likeness (QED) is 0.0518. The van der Waals surface area contributed by atoms with Gasteiger partial charge in [-0.3, -0.25) is 43.3 Å². The number of hydroxylamine groups is 2. The molecule has 0 saturated carbocycles. The molecule has 0 spiro atoms. The van der Waals surface area contributed by atoms with Crippen LogP contribution in [-0.2, 0) is 68.5 Å². The molecule has 2 saturated heterocycles. The number of likely N-dealkylation sites (tertiary alicyclic amines) is 1. The first kappa shape index (κ1) is 70.2. The summed E-state index contributed by atoms with van der Waals surface area (Å²) >= 11 is 0. The van der Waals surface area contributed by atoms with Gasteiger partial charge >= 0.3 is 5.97 Å². The number of carbonyl (C=O) groups is 7. The van der Waals surface area contributed by atoms with Crippen molar-refractivity contribution in [3.05, 3.63) is 36.0 Å². The van der Waals surface area contributed by atoms with Crippen LogP contribution in [0.1, 0.15) is 118 Å². The fourth-order valence-corrected chi connectivity index (χ4v) is 11.2. The van der Waals surface area contributed by atoms with Gasteiger partial charge in [0.2, 0.25) is 29.5 Å². The first-order valence-electron chi connectivity index (χ1n) is 30.1. The number of aliphatic carboxylic acids is 1. The lowest BCUT2D eigenvalue weighted by Crippen LogP contribution is -2.60. The van der Waals surface area contributed by atoms with Crippen molar-refractivity contribution in [3.63, 3.8) is 0 Å². The number of ether oxygens (including phenoxy) is 5. The number of nitrogens with zero attached hydrogens (tertiary/aromatic N) is 4. The van der Waals surface area contributed by atoms with Crippen LogP contribution in [0.3, 0.4) is 0 Å². The number of likely N-dealkylation sites (N-methyl/N-ethyl adjacent to an activating group) is 2. The molecule has 6 amide bonds. The third-order valence-corrected chi connectivity index (χ3v) is 16.2. The number of methoxy groups -OCH3 is 2.